The highest BCUT2D eigenvalue weighted by molar-refractivity contribution is 8.00. The van der Waals surface area contributed by atoms with E-state index in [0.29, 0.717) is 11.3 Å². The molecule has 2 heterocycles. The summed E-state index contributed by atoms with van der Waals surface area (Å²) in [5.74, 6) is -0.396. The fraction of sp³-hybridized carbons (Fsp3) is 0.0909. The van der Waals surface area contributed by atoms with Crippen LogP contribution in [0.1, 0.15) is 10.4 Å². The van der Waals surface area contributed by atoms with E-state index in [0.717, 1.165) is 21.8 Å². The highest BCUT2D eigenvalue weighted by atomic mass is 32.2. The van der Waals surface area contributed by atoms with Crippen LogP contribution in [0.15, 0.2) is 78.1 Å². The van der Waals surface area contributed by atoms with Gasteiger partial charge < -0.3 is 10.1 Å². The Morgan fingerprint density at radius 1 is 1.10 bits per heavy atom. The molecule has 2 aromatic carbocycles. The van der Waals surface area contributed by atoms with Crippen LogP contribution >= 0.6 is 11.8 Å². The second kappa shape index (κ2) is 8.79. The number of aromatic nitrogens is 3. The van der Waals surface area contributed by atoms with Gasteiger partial charge in [0.1, 0.15) is 5.03 Å². The van der Waals surface area contributed by atoms with Gasteiger partial charge in [-0.2, -0.15) is 5.10 Å². The largest absolute Gasteiger partial charge is 0.465 e. The quantitative estimate of drug-likeness (QED) is 0.377. The number of thioether (sulfide) groups is 1. The second-order valence-electron chi connectivity index (χ2n) is 6.36. The van der Waals surface area contributed by atoms with Gasteiger partial charge in [0.2, 0.25) is 5.91 Å². The molecule has 150 valence electrons. The minimum atomic E-state index is -0.418. The molecule has 0 fully saturated rings. The molecule has 0 aliphatic heterocycles. The van der Waals surface area contributed by atoms with Crippen LogP contribution in [-0.4, -0.2) is 39.3 Å². The molecule has 0 unspecified atom stereocenters. The average Bonchev–Trinajstić information content (AvgIpc) is 3.23. The van der Waals surface area contributed by atoms with E-state index in [4.69, 9.17) is 0 Å². The number of rotatable bonds is 6. The molecule has 0 saturated carbocycles. The molecule has 8 heteroatoms. The zero-order valence-corrected chi connectivity index (χ0v) is 16.9. The summed E-state index contributed by atoms with van der Waals surface area (Å²) in [6, 6.07) is 18.4. The number of amides is 1. The number of ether oxygens (including phenoxy) is 1. The number of nitrogens with one attached hydrogen (secondary N) is 1. The van der Waals surface area contributed by atoms with Gasteiger partial charge in [-0.15, -0.1) is 0 Å². The van der Waals surface area contributed by atoms with E-state index >= 15 is 0 Å². The molecule has 1 N–H and O–H groups in total. The van der Waals surface area contributed by atoms with Gasteiger partial charge in [0.25, 0.3) is 0 Å². The minimum Gasteiger partial charge on any atom is -0.465 e. The van der Waals surface area contributed by atoms with Crippen molar-refractivity contribution in [1.82, 2.24) is 14.6 Å². The maximum absolute atomic E-state index is 12.3. The van der Waals surface area contributed by atoms with Crippen molar-refractivity contribution >= 4 is 34.8 Å². The van der Waals surface area contributed by atoms with E-state index in [1.54, 1.807) is 41.2 Å². The molecule has 0 bridgehead atoms. The van der Waals surface area contributed by atoms with Crippen LogP contribution in [0.5, 0.6) is 0 Å². The van der Waals surface area contributed by atoms with E-state index in [9.17, 15) is 9.59 Å². The van der Waals surface area contributed by atoms with Crippen molar-refractivity contribution in [3.63, 3.8) is 0 Å². The van der Waals surface area contributed by atoms with Crippen LogP contribution in [0.3, 0.4) is 0 Å². The van der Waals surface area contributed by atoms with Gasteiger partial charge in [-0.25, -0.2) is 14.3 Å². The molecule has 30 heavy (non-hydrogen) atoms. The summed E-state index contributed by atoms with van der Waals surface area (Å²) in [6.07, 6.45) is 3.45. The number of hydrogen-bond donors (Lipinski definition) is 1. The summed E-state index contributed by atoms with van der Waals surface area (Å²) in [6.45, 7) is 0. The first-order valence-electron chi connectivity index (χ1n) is 9.15. The van der Waals surface area contributed by atoms with Crippen LogP contribution in [0, 0.1) is 0 Å². The monoisotopic (exact) mass is 418 g/mol. The minimum absolute atomic E-state index is 0.169. The van der Waals surface area contributed by atoms with Crippen molar-refractivity contribution < 1.29 is 14.3 Å². The molecule has 1 amide bonds. The molecule has 0 radical (unpaired) electrons. The Balaban J connectivity index is 1.44. The third-order valence-electron chi connectivity index (χ3n) is 4.35. The predicted octanol–water partition coefficient (Wildman–Crippen LogP) is 3.91. The Morgan fingerprint density at radius 3 is 2.60 bits per heavy atom. The first-order valence-corrected chi connectivity index (χ1v) is 10.1. The van der Waals surface area contributed by atoms with Gasteiger partial charge in [0.05, 0.1) is 29.6 Å². The summed E-state index contributed by atoms with van der Waals surface area (Å²) in [5, 5.41) is 8.13. The van der Waals surface area contributed by atoms with E-state index < -0.39 is 5.97 Å². The number of carbonyl (C=O) groups is 2. The normalized spacial score (nSPS) is 10.7. The molecule has 0 saturated heterocycles. The third-order valence-corrected chi connectivity index (χ3v) is 5.35. The Labute approximate surface area is 177 Å². The van der Waals surface area contributed by atoms with E-state index in [2.05, 4.69) is 20.1 Å². The number of hydrogen-bond acceptors (Lipinski definition) is 6. The van der Waals surface area contributed by atoms with Crippen molar-refractivity contribution in [3.05, 3.63) is 78.6 Å². The summed E-state index contributed by atoms with van der Waals surface area (Å²) >= 11 is 1.34. The average molecular weight is 418 g/mol. The van der Waals surface area contributed by atoms with Gasteiger partial charge in [0.15, 0.2) is 0 Å². The number of fused-ring (bicyclic) bond motifs is 1. The molecule has 0 spiro atoms. The summed E-state index contributed by atoms with van der Waals surface area (Å²) in [5.41, 5.74) is 3.74. The van der Waals surface area contributed by atoms with Gasteiger partial charge >= 0.3 is 5.97 Å². The number of benzene rings is 2. The zero-order valence-electron chi connectivity index (χ0n) is 16.1. The molecule has 4 aromatic rings. The topological polar surface area (TPSA) is 85.6 Å². The lowest BCUT2D eigenvalue weighted by Crippen LogP contribution is -2.14. The van der Waals surface area contributed by atoms with Crippen molar-refractivity contribution in [2.24, 2.45) is 0 Å². The van der Waals surface area contributed by atoms with E-state index in [-0.39, 0.29) is 11.7 Å². The van der Waals surface area contributed by atoms with Crippen LogP contribution in [-0.2, 0) is 9.53 Å². The smallest absolute Gasteiger partial charge is 0.337 e. The number of methoxy groups -OCH3 is 1. The highest BCUT2D eigenvalue weighted by Crippen LogP contribution is 2.26. The number of anilines is 1. The fourth-order valence-corrected chi connectivity index (χ4v) is 3.67. The van der Waals surface area contributed by atoms with E-state index in [1.807, 2.05) is 36.4 Å². The maximum atomic E-state index is 12.3. The second-order valence-corrected chi connectivity index (χ2v) is 7.33. The zero-order chi connectivity index (χ0) is 20.9. The first kappa shape index (κ1) is 19.7. The van der Waals surface area contributed by atoms with Crippen molar-refractivity contribution in [2.45, 2.75) is 5.03 Å². The van der Waals surface area contributed by atoms with E-state index in [1.165, 1.54) is 18.9 Å². The molecule has 4 rings (SSSR count). The van der Waals surface area contributed by atoms with Crippen LogP contribution in [0.25, 0.3) is 16.8 Å². The maximum Gasteiger partial charge on any atom is 0.337 e. The number of nitrogens with zero attached hydrogens (tertiary/aromatic N) is 3. The molecule has 7 nitrogen and oxygen atoms in total. The fourth-order valence-electron chi connectivity index (χ4n) is 2.90. The summed E-state index contributed by atoms with van der Waals surface area (Å²) in [4.78, 5) is 28.2. The highest BCUT2D eigenvalue weighted by Gasteiger charge is 2.12. The Hall–Kier alpha value is -3.65. The van der Waals surface area contributed by atoms with Crippen LogP contribution in [0.2, 0.25) is 0 Å². The van der Waals surface area contributed by atoms with Crippen molar-refractivity contribution in [2.75, 3.05) is 18.2 Å². The molecule has 0 aliphatic rings. The van der Waals surface area contributed by atoms with Crippen molar-refractivity contribution in [1.29, 1.82) is 0 Å². The Kier molecular flexibility index (Phi) is 5.76. The number of carbonyl (C=O) groups excluding carboxylic acids is 2. The summed E-state index contributed by atoms with van der Waals surface area (Å²) in [7, 11) is 1.33. The first-order chi connectivity index (χ1) is 14.6. The Morgan fingerprint density at radius 2 is 1.87 bits per heavy atom. The van der Waals surface area contributed by atoms with Gasteiger partial charge in [-0.05, 0) is 30.3 Å². The summed E-state index contributed by atoms with van der Waals surface area (Å²) < 4.78 is 6.43. The predicted molar refractivity (Wildman–Crippen MR) is 116 cm³/mol. The molecule has 0 aliphatic carbocycles. The lowest BCUT2D eigenvalue weighted by Gasteiger charge is -2.06. The SMILES string of the molecule is COC(=O)c1ccc(NC(=O)CSc2nccn3nc(-c4ccccc4)cc23)cc1. The number of esters is 1. The lowest BCUT2D eigenvalue weighted by atomic mass is 10.1. The van der Waals surface area contributed by atoms with Crippen LogP contribution < -0.4 is 5.32 Å². The van der Waals surface area contributed by atoms with Gasteiger partial charge in [-0.3, -0.25) is 4.79 Å². The molecule has 2 aromatic heterocycles. The molecule has 0 atom stereocenters. The standard InChI is InChI=1S/C22H18N4O3S/c1-29-22(28)16-7-9-17(10-8-16)24-20(27)14-30-21-19-13-18(15-5-3-2-4-6-15)25-26(19)12-11-23-21/h2-13H,14H2,1H3,(H,24,27). The van der Waals surface area contributed by atoms with Crippen molar-refractivity contribution in [3.8, 4) is 11.3 Å². The van der Waals surface area contributed by atoms with Crippen LogP contribution in [0.4, 0.5) is 5.69 Å². The Bertz CT molecular complexity index is 1190. The lowest BCUT2D eigenvalue weighted by molar-refractivity contribution is -0.113. The van der Waals surface area contributed by atoms with Gasteiger partial charge in [0, 0.05) is 23.6 Å². The third kappa shape index (κ3) is 4.33. The van der Waals surface area contributed by atoms with Gasteiger partial charge in [-0.1, -0.05) is 42.1 Å². The molecular weight excluding hydrogens is 400 g/mol. The molecular formula is C22H18N4O3S.